The highest BCUT2D eigenvalue weighted by Crippen LogP contribution is 2.35. The minimum atomic E-state index is -4.33. The number of fused-ring (bicyclic) bond motifs is 1. The van der Waals surface area contributed by atoms with Crippen LogP contribution in [0.15, 0.2) is 36.5 Å². The molecule has 0 saturated heterocycles. The number of nitrogens with zero attached hydrogens (tertiary/aromatic N) is 1. The molecular weight excluding hydrogens is 361 g/mol. The van der Waals surface area contributed by atoms with Crippen molar-refractivity contribution in [1.82, 2.24) is 10.3 Å². The largest absolute Gasteiger partial charge is 0.464 e. The van der Waals surface area contributed by atoms with E-state index in [4.69, 9.17) is 4.74 Å². The minimum Gasteiger partial charge on any atom is -0.464 e. The molecule has 1 N–H and O–H groups in total. The number of halogens is 3. The number of benzene rings is 1. The number of Topliss-reactive ketones (excluding diaryl/α,β-unsaturated/α-hetero) is 1. The number of pyridine rings is 1. The number of hydrogen-bond donors (Lipinski definition) is 1. The minimum absolute atomic E-state index is 0.0688. The molecule has 0 bridgehead atoms. The van der Waals surface area contributed by atoms with Gasteiger partial charge in [0, 0.05) is 30.3 Å². The zero-order chi connectivity index (χ0) is 19.6. The van der Waals surface area contributed by atoms with Crippen molar-refractivity contribution < 1.29 is 27.5 Å². The number of carbonyl (C=O) groups excluding carboxylic acids is 2. The molecule has 1 amide bonds. The molecule has 5 nitrogen and oxygen atoms in total. The number of nitrogens with one attached hydrogen (secondary N) is 1. The van der Waals surface area contributed by atoms with Crippen molar-refractivity contribution >= 4 is 11.7 Å². The third-order valence-electron chi connectivity index (χ3n) is 4.24. The van der Waals surface area contributed by atoms with E-state index in [2.05, 4.69) is 10.3 Å². The normalized spacial score (nSPS) is 15.8. The molecule has 2 heterocycles. The third kappa shape index (κ3) is 4.45. The molecule has 8 heteroatoms. The van der Waals surface area contributed by atoms with Crippen LogP contribution in [0.4, 0.5) is 13.2 Å². The summed E-state index contributed by atoms with van der Waals surface area (Å²) >= 11 is 0. The van der Waals surface area contributed by atoms with E-state index in [0.717, 1.165) is 11.1 Å². The van der Waals surface area contributed by atoms with Crippen LogP contribution in [0, 0.1) is 0 Å². The van der Waals surface area contributed by atoms with Crippen molar-refractivity contribution in [2.75, 3.05) is 6.54 Å². The Kier molecular flexibility index (Phi) is 5.16. The summed E-state index contributed by atoms with van der Waals surface area (Å²) in [5.41, 5.74) is 2.80. The van der Waals surface area contributed by atoms with E-state index in [0.29, 0.717) is 11.1 Å². The molecule has 0 saturated carbocycles. The van der Waals surface area contributed by atoms with Gasteiger partial charge < -0.3 is 10.1 Å². The van der Waals surface area contributed by atoms with Gasteiger partial charge in [0.2, 0.25) is 5.88 Å². The van der Waals surface area contributed by atoms with Crippen molar-refractivity contribution in [1.29, 1.82) is 0 Å². The van der Waals surface area contributed by atoms with Crippen LogP contribution in [0.5, 0.6) is 5.88 Å². The zero-order valence-corrected chi connectivity index (χ0v) is 14.5. The van der Waals surface area contributed by atoms with Gasteiger partial charge in [0.05, 0.1) is 6.42 Å². The number of ketones is 1. The first-order chi connectivity index (χ1) is 12.7. The Hall–Kier alpha value is -2.90. The zero-order valence-electron chi connectivity index (χ0n) is 14.5. The highest BCUT2D eigenvalue weighted by molar-refractivity contribution is 5.95. The first kappa shape index (κ1) is 18.9. The summed E-state index contributed by atoms with van der Waals surface area (Å²) < 4.78 is 42.2. The van der Waals surface area contributed by atoms with Crippen molar-refractivity contribution in [3.8, 4) is 17.0 Å². The summed E-state index contributed by atoms with van der Waals surface area (Å²) in [6.07, 6.45) is -4.64. The number of hydrogen-bond acceptors (Lipinski definition) is 4. The average Bonchev–Trinajstić information content (AvgIpc) is 3.05. The fraction of sp³-hybridized carbons (Fsp3) is 0.316. The lowest BCUT2D eigenvalue weighted by molar-refractivity contribution is -0.137. The van der Waals surface area contributed by atoms with Crippen LogP contribution in [0.3, 0.4) is 0 Å². The quantitative estimate of drug-likeness (QED) is 0.811. The van der Waals surface area contributed by atoms with Gasteiger partial charge in [-0.2, -0.15) is 13.2 Å². The second-order valence-electron chi connectivity index (χ2n) is 6.25. The van der Waals surface area contributed by atoms with Crippen molar-refractivity contribution in [3.63, 3.8) is 0 Å². The van der Waals surface area contributed by atoms with Gasteiger partial charge in [-0.25, -0.2) is 4.98 Å². The first-order valence-corrected chi connectivity index (χ1v) is 8.35. The van der Waals surface area contributed by atoms with Crippen LogP contribution in [-0.2, 0) is 11.2 Å². The molecule has 142 valence electrons. The van der Waals surface area contributed by atoms with E-state index in [1.165, 1.54) is 13.1 Å². The van der Waals surface area contributed by atoms with Gasteiger partial charge in [0.1, 0.15) is 0 Å². The van der Waals surface area contributed by atoms with Crippen LogP contribution in [0.25, 0.3) is 11.1 Å². The average molecular weight is 378 g/mol. The molecule has 1 aliphatic heterocycles. The van der Waals surface area contributed by atoms with Gasteiger partial charge in [-0.15, -0.1) is 0 Å². The molecule has 0 aliphatic carbocycles. The van der Waals surface area contributed by atoms with E-state index in [1.807, 2.05) is 6.07 Å². The summed E-state index contributed by atoms with van der Waals surface area (Å²) in [7, 11) is 0. The monoisotopic (exact) mass is 378 g/mol. The molecule has 1 aromatic heterocycles. The fourth-order valence-electron chi connectivity index (χ4n) is 2.90. The molecule has 1 atom stereocenters. The Labute approximate surface area is 153 Å². The molecule has 3 rings (SSSR count). The maximum atomic E-state index is 12.2. The summed E-state index contributed by atoms with van der Waals surface area (Å²) in [5.74, 6) is -0.405. The van der Waals surface area contributed by atoms with Crippen LogP contribution in [0.1, 0.15) is 29.3 Å². The standard InChI is InChI=1S/C19H17F3N2O3/c1-11(25)12-3-2-4-13(9-12)14-5-7-24-18-15(14)10-16(27-18)17(26)23-8-6-19(20,21)22/h2-5,7,9,16H,6,8,10H2,1H3,(H,23,26). The Morgan fingerprint density at radius 1 is 1.30 bits per heavy atom. The highest BCUT2D eigenvalue weighted by atomic mass is 19.4. The summed E-state index contributed by atoms with van der Waals surface area (Å²) in [4.78, 5) is 27.8. The summed E-state index contributed by atoms with van der Waals surface area (Å²) in [5, 5.41) is 2.24. The van der Waals surface area contributed by atoms with Gasteiger partial charge in [-0.1, -0.05) is 18.2 Å². The van der Waals surface area contributed by atoms with Crippen LogP contribution >= 0.6 is 0 Å². The lowest BCUT2D eigenvalue weighted by Crippen LogP contribution is -2.39. The van der Waals surface area contributed by atoms with Gasteiger partial charge >= 0.3 is 6.18 Å². The number of carbonyl (C=O) groups is 2. The van der Waals surface area contributed by atoms with E-state index >= 15 is 0 Å². The van der Waals surface area contributed by atoms with E-state index in [-0.39, 0.29) is 18.1 Å². The number of alkyl halides is 3. The molecule has 0 fully saturated rings. The first-order valence-electron chi connectivity index (χ1n) is 8.35. The molecule has 0 radical (unpaired) electrons. The lowest BCUT2D eigenvalue weighted by atomic mass is 9.96. The van der Waals surface area contributed by atoms with Crippen LogP contribution < -0.4 is 10.1 Å². The molecular formula is C19H17F3N2O3. The van der Waals surface area contributed by atoms with Crippen molar-refractivity contribution in [2.45, 2.75) is 32.0 Å². The van der Waals surface area contributed by atoms with Crippen molar-refractivity contribution in [2.24, 2.45) is 0 Å². The molecule has 1 aromatic carbocycles. The van der Waals surface area contributed by atoms with E-state index in [1.54, 1.807) is 24.3 Å². The maximum Gasteiger partial charge on any atom is 0.390 e. The number of ether oxygens (including phenoxy) is 1. The molecule has 27 heavy (non-hydrogen) atoms. The molecule has 1 unspecified atom stereocenters. The Balaban J connectivity index is 1.76. The van der Waals surface area contributed by atoms with Crippen LogP contribution in [0.2, 0.25) is 0 Å². The van der Waals surface area contributed by atoms with Gasteiger partial charge in [0.15, 0.2) is 11.9 Å². The Morgan fingerprint density at radius 3 is 2.78 bits per heavy atom. The number of rotatable bonds is 5. The predicted octanol–water partition coefficient (Wildman–Crippen LogP) is 3.32. The topological polar surface area (TPSA) is 68.3 Å². The maximum absolute atomic E-state index is 12.2. The summed E-state index contributed by atoms with van der Waals surface area (Å²) in [6.45, 7) is 0.972. The SMILES string of the molecule is CC(=O)c1cccc(-c2ccnc3c2CC(C(=O)NCCC(F)(F)F)O3)c1. The second kappa shape index (κ2) is 7.38. The van der Waals surface area contributed by atoms with Crippen LogP contribution in [-0.4, -0.2) is 35.5 Å². The molecule has 2 aromatic rings. The number of aromatic nitrogens is 1. The van der Waals surface area contributed by atoms with Gasteiger partial charge in [-0.3, -0.25) is 9.59 Å². The molecule has 0 spiro atoms. The predicted molar refractivity (Wildman–Crippen MR) is 91.5 cm³/mol. The number of amides is 1. The van der Waals surface area contributed by atoms with E-state index in [9.17, 15) is 22.8 Å². The Morgan fingerprint density at radius 2 is 2.07 bits per heavy atom. The van der Waals surface area contributed by atoms with Crippen molar-refractivity contribution in [3.05, 3.63) is 47.7 Å². The second-order valence-corrected chi connectivity index (χ2v) is 6.25. The Bertz CT molecular complexity index is 881. The van der Waals surface area contributed by atoms with Gasteiger partial charge in [-0.05, 0) is 30.2 Å². The smallest absolute Gasteiger partial charge is 0.390 e. The highest BCUT2D eigenvalue weighted by Gasteiger charge is 2.33. The summed E-state index contributed by atoms with van der Waals surface area (Å²) in [6, 6.07) is 8.80. The molecule has 1 aliphatic rings. The lowest BCUT2D eigenvalue weighted by Gasteiger charge is -2.11. The van der Waals surface area contributed by atoms with E-state index < -0.39 is 31.2 Å². The fourth-order valence-corrected chi connectivity index (χ4v) is 2.90. The van der Waals surface area contributed by atoms with Gasteiger partial charge in [0.25, 0.3) is 5.91 Å². The third-order valence-corrected chi connectivity index (χ3v) is 4.24.